The third-order valence-corrected chi connectivity index (χ3v) is 5.17. The Morgan fingerprint density at radius 3 is 1.84 bits per heavy atom. The fourth-order valence-electron chi connectivity index (χ4n) is 2.49. The van der Waals surface area contributed by atoms with Crippen molar-refractivity contribution in [2.45, 2.75) is 43.6 Å². The molecule has 0 aromatic heterocycles. The fraction of sp³-hybridized carbons (Fsp3) is 0.474. The van der Waals surface area contributed by atoms with E-state index < -0.39 is 54.0 Å². The summed E-state index contributed by atoms with van der Waals surface area (Å²) < 4.78 is 0. The molecule has 32 heavy (non-hydrogen) atoms. The number of nitrogens with one attached hydrogen (secondary N) is 3. The largest absolute Gasteiger partial charge is 0.508 e. The van der Waals surface area contributed by atoms with Gasteiger partial charge in [0.25, 0.3) is 0 Å². The number of hydrogen-bond acceptors (Lipinski definition) is 9. The molecule has 11 nitrogen and oxygen atoms in total. The van der Waals surface area contributed by atoms with Crippen molar-refractivity contribution in [3.8, 4) is 5.75 Å². The van der Waals surface area contributed by atoms with Gasteiger partial charge in [0.15, 0.2) is 0 Å². The minimum absolute atomic E-state index is 0.00658. The van der Waals surface area contributed by atoms with Crippen molar-refractivity contribution in [1.82, 2.24) is 16.0 Å². The maximum absolute atomic E-state index is 12.7. The molecule has 0 radical (unpaired) electrons. The number of carboxylic acid groups (broad SMARTS) is 1. The van der Waals surface area contributed by atoms with Gasteiger partial charge in [-0.2, -0.15) is 25.3 Å². The summed E-state index contributed by atoms with van der Waals surface area (Å²) >= 11 is 7.94. The second kappa shape index (κ2) is 13.2. The highest BCUT2D eigenvalue weighted by molar-refractivity contribution is 7.80. The quantitative estimate of drug-likeness (QED) is 0.151. The molecule has 3 amide bonds. The minimum Gasteiger partial charge on any atom is -0.508 e. The Kier molecular flexibility index (Phi) is 11.3. The zero-order chi connectivity index (χ0) is 24.4. The second-order valence-corrected chi connectivity index (χ2v) is 7.75. The lowest BCUT2D eigenvalue weighted by Crippen LogP contribution is -2.59. The lowest BCUT2D eigenvalue weighted by Gasteiger charge is -2.24. The van der Waals surface area contributed by atoms with E-state index in [4.69, 9.17) is 10.8 Å². The van der Waals surface area contributed by atoms with Crippen LogP contribution in [0.25, 0.3) is 0 Å². The number of aliphatic hydroxyl groups excluding tert-OH is 1. The first kappa shape index (κ1) is 27.6. The smallest absolute Gasteiger partial charge is 0.327 e. The van der Waals surface area contributed by atoms with E-state index in [0.29, 0.717) is 5.56 Å². The van der Waals surface area contributed by atoms with E-state index in [0.717, 1.165) is 0 Å². The molecule has 178 valence electrons. The molecule has 5 unspecified atom stereocenters. The minimum atomic E-state index is -1.30. The summed E-state index contributed by atoms with van der Waals surface area (Å²) in [6.45, 7) is 1.32. The molecule has 0 aliphatic carbocycles. The van der Waals surface area contributed by atoms with Gasteiger partial charge in [-0.1, -0.05) is 12.1 Å². The SMILES string of the molecule is CC(O)C(N)C(=O)NC(CS)C(=O)NC(Cc1ccc(O)cc1)C(=O)NC(CS)C(=O)O. The van der Waals surface area contributed by atoms with Crippen molar-refractivity contribution < 1.29 is 34.5 Å². The predicted octanol–water partition coefficient (Wildman–Crippen LogP) is -1.96. The molecule has 8 N–H and O–H groups in total. The topological polar surface area (TPSA) is 191 Å². The van der Waals surface area contributed by atoms with E-state index in [1.54, 1.807) is 0 Å². The summed E-state index contributed by atoms with van der Waals surface area (Å²) in [5.74, 6) is -3.92. The highest BCUT2D eigenvalue weighted by Crippen LogP contribution is 2.12. The van der Waals surface area contributed by atoms with Crippen LogP contribution < -0.4 is 21.7 Å². The number of carbonyl (C=O) groups excluding carboxylic acids is 3. The molecule has 0 heterocycles. The van der Waals surface area contributed by atoms with Crippen molar-refractivity contribution in [2.75, 3.05) is 11.5 Å². The Labute approximate surface area is 196 Å². The highest BCUT2D eigenvalue weighted by Gasteiger charge is 2.30. The summed E-state index contributed by atoms with van der Waals surface area (Å²) in [7, 11) is 0. The maximum Gasteiger partial charge on any atom is 0.327 e. The van der Waals surface area contributed by atoms with Crippen molar-refractivity contribution in [2.24, 2.45) is 5.73 Å². The first-order valence-corrected chi connectivity index (χ1v) is 10.8. The van der Waals surface area contributed by atoms with Crippen LogP contribution in [0.15, 0.2) is 24.3 Å². The van der Waals surface area contributed by atoms with Crippen LogP contribution in [0.1, 0.15) is 12.5 Å². The third-order valence-electron chi connectivity index (χ3n) is 4.44. The van der Waals surface area contributed by atoms with E-state index in [9.17, 15) is 29.4 Å². The predicted molar refractivity (Wildman–Crippen MR) is 123 cm³/mol. The van der Waals surface area contributed by atoms with Gasteiger partial charge in [-0.05, 0) is 24.6 Å². The van der Waals surface area contributed by atoms with Crippen molar-refractivity contribution in [1.29, 1.82) is 0 Å². The first-order chi connectivity index (χ1) is 15.0. The van der Waals surface area contributed by atoms with Gasteiger partial charge >= 0.3 is 5.97 Å². The average molecular weight is 489 g/mol. The number of nitrogens with two attached hydrogens (primary N) is 1. The highest BCUT2D eigenvalue weighted by atomic mass is 32.1. The van der Waals surface area contributed by atoms with Crippen LogP contribution in [0, 0.1) is 0 Å². The number of aliphatic hydroxyl groups is 1. The molecule has 13 heteroatoms. The Morgan fingerprint density at radius 1 is 0.906 bits per heavy atom. The zero-order valence-corrected chi connectivity index (χ0v) is 19.1. The molecule has 0 bridgehead atoms. The number of rotatable bonds is 12. The monoisotopic (exact) mass is 488 g/mol. The molecule has 0 fully saturated rings. The zero-order valence-electron chi connectivity index (χ0n) is 17.3. The van der Waals surface area contributed by atoms with Crippen molar-refractivity contribution in [3.63, 3.8) is 0 Å². The second-order valence-electron chi connectivity index (χ2n) is 7.02. The number of phenolic OH excluding ortho intramolecular Hbond substituents is 1. The maximum atomic E-state index is 12.7. The van der Waals surface area contributed by atoms with E-state index in [2.05, 4.69) is 41.2 Å². The normalized spacial score (nSPS) is 15.5. The van der Waals surface area contributed by atoms with Gasteiger partial charge in [0.2, 0.25) is 17.7 Å². The first-order valence-electron chi connectivity index (χ1n) is 9.57. The lowest BCUT2D eigenvalue weighted by atomic mass is 10.0. The molecule has 0 saturated carbocycles. The number of aliphatic carboxylic acids is 1. The van der Waals surface area contributed by atoms with Gasteiger partial charge in [0, 0.05) is 17.9 Å². The van der Waals surface area contributed by atoms with Crippen LogP contribution in [0.4, 0.5) is 0 Å². The number of thiol groups is 2. The van der Waals surface area contributed by atoms with Gasteiger partial charge in [-0.25, -0.2) is 4.79 Å². The standard InChI is InChI=1S/C19H28N4O7S2/c1-9(24)15(20)18(28)22-13(7-31)17(27)21-12(6-10-2-4-11(25)5-3-10)16(26)23-14(8-32)19(29)30/h2-5,9,12-15,24-25,31-32H,6-8,20H2,1H3,(H,21,27)(H,22,28)(H,23,26)(H,29,30). The molecule has 1 aromatic carbocycles. The number of hydrogen-bond donors (Lipinski definition) is 9. The lowest BCUT2D eigenvalue weighted by molar-refractivity contribution is -0.141. The molecule has 0 saturated heterocycles. The summed E-state index contributed by atoms with van der Waals surface area (Å²) in [4.78, 5) is 48.7. The molecular formula is C19H28N4O7S2. The Hall–Kier alpha value is -2.48. The van der Waals surface area contributed by atoms with Crippen molar-refractivity contribution >= 4 is 48.9 Å². The average Bonchev–Trinajstić information content (AvgIpc) is 2.75. The number of carbonyl (C=O) groups is 4. The summed E-state index contributed by atoms with van der Waals surface area (Å²) in [5.41, 5.74) is 6.13. The number of phenols is 1. The number of aromatic hydroxyl groups is 1. The van der Waals surface area contributed by atoms with Gasteiger partial charge in [-0.15, -0.1) is 0 Å². The van der Waals surface area contributed by atoms with Crippen LogP contribution in [-0.4, -0.2) is 80.8 Å². The van der Waals surface area contributed by atoms with Crippen LogP contribution in [0.5, 0.6) is 5.75 Å². The van der Waals surface area contributed by atoms with Gasteiger partial charge < -0.3 is 37.0 Å². The molecule has 1 aromatic rings. The number of amides is 3. The Bertz CT molecular complexity index is 807. The Balaban J connectivity index is 3.02. The number of carboxylic acids is 1. The molecule has 0 spiro atoms. The van der Waals surface area contributed by atoms with Gasteiger partial charge in [0.1, 0.15) is 29.9 Å². The van der Waals surface area contributed by atoms with Gasteiger partial charge in [-0.3, -0.25) is 14.4 Å². The fourth-order valence-corrected chi connectivity index (χ4v) is 2.99. The van der Waals surface area contributed by atoms with Gasteiger partial charge in [0.05, 0.1) is 6.10 Å². The van der Waals surface area contributed by atoms with Crippen LogP contribution >= 0.6 is 25.3 Å². The molecular weight excluding hydrogens is 460 g/mol. The third kappa shape index (κ3) is 8.57. The molecule has 0 aliphatic heterocycles. The summed E-state index contributed by atoms with van der Waals surface area (Å²) in [6, 6.07) is 0.928. The van der Waals surface area contributed by atoms with Crippen LogP contribution in [0.3, 0.4) is 0 Å². The van der Waals surface area contributed by atoms with E-state index in [1.807, 2.05) is 0 Å². The van der Waals surface area contributed by atoms with E-state index in [1.165, 1.54) is 31.2 Å². The molecule has 1 rings (SSSR count). The summed E-state index contributed by atoms with van der Waals surface area (Å²) in [5, 5.41) is 35.1. The van der Waals surface area contributed by atoms with Crippen LogP contribution in [-0.2, 0) is 25.6 Å². The summed E-state index contributed by atoms with van der Waals surface area (Å²) in [6.07, 6.45) is -1.18. The van der Waals surface area contributed by atoms with Crippen molar-refractivity contribution in [3.05, 3.63) is 29.8 Å². The Morgan fingerprint density at radius 2 is 1.38 bits per heavy atom. The number of benzene rings is 1. The van der Waals surface area contributed by atoms with E-state index in [-0.39, 0.29) is 23.7 Å². The van der Waals surface area contributed by atoms with Crippen LogP contribution in [0.2, 0.25) is 0 Å². The molecule has 5 atom stereocenters. The van der Waals surface area contributed by atoms with E-state index >= 15 is 0 Å². The molecule has 0 aliphatic rings.